The maximum Gasteiger partial charge on any atom is 0.330 e. The van der Waals surface area contributed by atoms with E-state index in [4.69, 9.17) is 4.74 Å². The van der Waals surface area contributed by atoms with Gasteiger partial charge >= 0.3 is 12.0 Å². The molecule has 1 aromatic carbocycles. The van der Waals surface area contributed by atoms with Gasteiger partial charge in [-0.25, -0.2) is 9.59 Å². The molecule has 0 aromatic heterocycles. The Hall–Kier alpha value is -2.08. The van der Waals surface area contributed by atoms with Crippen molar-refractivity contribution in [1.29, 1.82) is 0 Å². The zero-order valence-electron chi connectivity index (χ0n) is 11.7. The van der Waals surface area contributed by atoms with Gasteiger partial charge in [0.2, 0.25) is 0 Å². The van der Waals surface area contributed by atoms with Crippen LogP contribution in [0, 0.1) is 0 Å². The molecule has 1 atom stereocenters. The molecule has 0 spiro atoms. The molecule has 0 bridgehead atoms. The van der Waals surface area contributed by atoms with Gasteiger partial charge in [-0.1, -0.05) is 30.3 Å². The Bertz CT molecular complexity index is 436. The number of carbonyl (C=O) groups is 2. The molecule has 0 heterocycles. The van der Waals surface area contributed by atoms with Gasteiger partial charge in [-0.05, 0) is 12.0 Å². The highest BCUT2D eigenvalue weighted by molar-refractivity contribution is 5.83. The third kappa shape index (κ3) is 4.89. The Labute approximate surface area is 118 Å². The highest BCUT2D eigenvalue weighted by Gasteiger charge is 2.23. The van der Waals surface area contributed by atoms with Crippen LogP contribution in [0.25, 0.3) is 0 Å². The van der Waals surface area contributed by atoms with E-state index in [9.17, 15) is 14.7 Å². The van der Waals surface area contributed by atoms with Gasteiger partial charge in [0, 0.05) is 27.3 Å². The first-order valence-electron chi connectivity index (χ1n) is 6.34. The third-order valence-corrected chi connectivity index (χ3v) is 2.84. The summed E-state index contributed by atoms with van der Waals surface area (Å²) in [7, 11) is 3.21. The minimum atomic E-state index is -1.09. The van der Waals surface area contributed by atoms with E-state index < -0.39 is 18.0 Å². The number of carboxylic acids is 1. The van der Waals surface area contributed by atoms with Crippen LogP contribution in [0.2, 0.25) is 0 Å². The highest BCUT2D eigenvalue weighted by atomic mass is 16.5. The van der Waals surface area contributed by atoms with Crippen LogP contribution in [0.1, 0.15) is 18.0 Å². The number of urea groups is 1. The lowest BCUT2D eigenvalue weighted by molar-refractivity contribution is -0.139. The summed E-state index contributed by atoms with van der Waals surface area (Å²) in [5.41, 5.74) is 0.540. The molecule has 20 heavy (non-hydrogen) atoms. The standard InChI is InChI=1S/C14H20N2O4/c1-16(9-6-10-20-2)14(19)15-12(13(17)18)11-7-4-3-5-8-11/h3-5,7-8,12H,6,9-10H2,1-2H3,(H,15,19)(H,17,18)/t12-/m0/s1. The lowest BCUT2D eigenvalue weighted by Crippen LogP contribution is -2.42. The minimum Gasteiger partial charge on any atom is -0.479 e. The first kappa shape index (κ1) is 16.0. The summed E-state index contributed by atoms with van der Waals surface area (Å²) >= 11 is 0. The SMILES string of the molecule is COCCCN(C)C(=O)N[C@H](C(=O)O)c1ccccc1. The van der Waals surface area contributed by atoms with Crippen molar-refractivity contribution in [2.75, 3.05) is 27.3 Å². The zero-order chi connectivity index (χ0) is 15.0. The molecule has 0 fully saturated rings. The van der Waals surface area contributed by atoms with E-state index >= 15 is 0 Å². The zero-order valence-corrected chi connectivity index (χ0v) is 11.7. The fourth-order valence-electron chi connectivity index (χ4n) is 1.71. The maximum atomic E-state index is 11.9. The average molecular weight is 280 g/mol. The molecule has 2 N–H and O–H groups in total. The van der Waals surface area contributed by atoms with Crippen molar-refractivity contribution in [1.82, 2.24) is 10.2 Å². The van der Waals surface area contributed by atoms with Crippen LogP contribution < -0.4 is 5.32 Å². The molecule has 0 radical (unpaired) electrons. The van der Waals surface area contributed by atoms with E-state index in [0.717, 1.165) is 0 Å². The van der Waals surface area contributed by atoms with E-state index in [2.05, 4.69) is 5.32 Å². The van der Waals surface area contributed by atoms with Crippen LogP contribution in [-0.4, -0.2) is 49.3 Å². The van der Waals surface area contributed by atoms with Gasteiger partial charge in [-0.15, -0.1) is 0 Å². The second kappa shape index (κ2) is 8.16. The molecular formula is C14H20N2O4. The van der Waals surface area contributed by atoms with Crippen molar-refractivity contribution in [2.45, 2.75) is 12.5 Å². The first-order chi connectivity index (χ1) is 9.56. The predicted octanol–water partition coefficient (Wildman–Crippen LogP) is 1.49. The number of methoxy groups -OCH3 is 1. The van der Waals surface area contributed by atoms with Gasteiger partial charge in [-0.3, -0.25) is 0 Å². The molecule has 0 saturated carbocycles. The van der Waals surface area contributed by atoms with Crippen molar-refractivity contribution in [3.05, 3.63) is 35.9 Å². The van der Waals surface area contributed by atoms with E-state index in [-0.39, 0.29) is 0 Å². The fourth-order valence-corrected chi connectivity index (χ4v) is 1.71. The van der Waals surface area contributed by atoms with Crippen molar-refractivity contribution in [3.63, 3.8) is 0 Å². The van der Waals surface area contributed by atoms with Gasteiger partial charge in [0.1, 0.15) is 0 Å². The predicted molar refractivity (Wildman–Crippen MR) is 74.5 cm³/mol. The molecular weight excluding hydrogens is 260 g/mol. The quantitative estimate of drug-likeness (QED) is 0.742. The van der Waals surface area contributed by atoms with Crippen LogP contribution in [0.15, 0.2) is 30.3 Å². The fraction of sp³-hybridized carbons (Fsp3) is 0.429. The summed E-state index contributed by atoms with van der Waals surface area (Å²) in [5.74, 6) is -1.09. The topological polar surface area (TPSA) is 78.9 Å². The van der Waals surface area contributed by atoms with E-state index in [1.807, 2.05) is 0 Å². The Morgan fingerprint density at radius 2 is 2.00 bits per heavy atom. The van der Waals surface area contributed by atoms with Gasteiger partial charge in [0.25, 0.3) is 0 Å². The Kier molecular flexibility index (Phi) is 6.52. The van der Waals surface area contributed by atoms with Crippen molar-refractivity contribution < 1.29 is 19.4 Å². The summed E-state index contributed by atoms with van der Waals surface area (Å²) in [4.78, 5) is 24.6. The first-order valence-corrected chi connectivity index (χ1v) is 6.34. The molecule has 0 aliphatic rings. The van der Waals surface area contributed by atoms with Gasteiger partial charge in [-0.2, -0.15) is 0 Å². The monoisotopic (exact) mass is 280 g/mol. The summed E-state index contributed by atoms with van der Waals surface area (Å²) < 4.78 is 4.91. The van der Waals surface area contributed by atoms with Crippen LogP contribution in [0.5, 0.6) is 0 Å². The van der Waals surface area contributed by atoms with Crippen LogP contribution in [0.3, 0.4) is 0 Å². The smallest absolute Gasteiger partial charge is 0.330 e. The number of hydrogen-bond donors (Lipinski definition) is 2. The van der Waals surface area contributed by atoms with Gasteiger partial charge in [0.15, 0.2) is 6.04 Å². The Morgan fingerprint density at radius 3 is 2.55 bits per heavy atom. The molecule has 0 aliphatic carbocycles. The molecule has 110 valence electrons. The number of carboxylic acid groups (broad SMARTS) is 1. The average Bonchev–Trinajstić information content (AvgIpc) is 2.45. The molecule has 1 rings (SSSR count). The maximum absolute atomic E-state index is 11.9. The number of carbonyl (C=O) groups excluding carboxylic acids is 1. The number of nitrogens with one attached hydrogen (secondary N) is 1. The summed E-state index contributed by atoms with van der Waals surface area (Å²) in [6.07, 6.45) is 0.698. The minimum absolute atomic E-state index is 0.419. The molecule has 1 aromatic rings. The Morgan fingerprint density at radius 1 is 1.35 bits per heavy atom. The molecule has 0 unspecified atom stereocenters. The number of hydrogen-bond acceptors (Lipinski definition) is 3. The van der Waals surface area contributed by atoms with Crippen molar-refractivity contribution >= 4 is 12.0 Å². The number of benzene rings is 1. The second-order valence-electron chi connectivity index (χ2n) is 4.40. The molecule has 0 saturated heterocycles. The highest BCUT2D eigenvalue weighted by Crippen LogP contribution is 2.13. The van der Waals surface area contributed by atoms with Crippen molar-refractivity contribution in [3.8, 4) is 0 Å². The molecule has 0 aliphatic heterocycles. The molecule has 6 heteroatoms. The molecule has 6 nitrogen and oxygen atoms in total. The van der Waals surface area contributed by atoms with Crippen LogP contribution in [0.4, 0.5) is 4.79 Å². The number of ether oxygens (including phenoxy) is 1. The number of amides is 2. The van der Waals surface area contributed by atoms with Gasteiger partial charge in [0.05, 0.1) is 0 Å². The summed E-state index contributed by atoms with van der Waals surface area (Å²) in [5, 5.41) is 11.7. The summed E-state index contributed by atoms with van der Waals surface area (Å²) in [6.45, 7) is 1.06. The van der Waals surface area contributed by atoms with Gasteiger partial charge < -0.3 is 20.1 Å². The van der Waals surface area contributed by atoms with E-state index in [1.54, 1.807) is 44.5 Å². The normalized spacial score (nSPS) is 11.7. The van der Waals surface area contributed by atoms with E-state index in [0.29, 0.717) is 25.1 Å². The lowest BCUT2D eigenvalue weighted by atomic mass is 10.1. The van der Waals surface area contributed by atoms with Crippen molar-refractivity contribution in [2.24, 2.45) is 0 Å². The Balaban J connectivity index is 2.62. The number of aliphatic carboxylic acids is 1. The molecule has 2 amide bonds. The van der Waals surface area contributed by atoms with Crippen LogP contribution in [-0.2, 0) is 9.53 Å². The third-order valence-electron chi connectivity index (χ3n) is 2.84. The lowest BCUT2D eigenvalue weighted by Gasteiger charge is -2.21. The summed E-state index contributed by atoms with van der Waals surface area (Å²) in [6, 6.07) is 7.14. The van der Waals surface area contributed by atoms with E-state index in [1.165, 1.54) is 4.90 Å². The number of nitrogens with zero attached hydrogens (tertiary/aromatic N) is 1. The largest absolute Gasteiger partial charge is 0.479 e. The van der Waals surface area contributed by atoms with Crippen LogP contribution >= 0.6 is 0 Å². The second-order valence-corrected chi connectivity index (χ2v) is 4.40. The number of rotatable bonds is 7.